The number of rotatable bonds is 2. The average molecular weight is 376 g/mol. The summed E-state index contributed by atoms with van der Waals surface area (Å²) in [6, 6.07) is 9.84. The van der Waals surface area contributed by atoms with Gasteiger partial charge < -0.3 is 10.1 Å². The summed E-state index contributed by atoms with van der Waals surface area (Å²) in [7, 11) is 0. The number of benzene rings is 1. The number of carbonyl (C=O) groups is 2. The largest absolute Gasteiger partial charge is 0.381 e. The molecule has 1 N–H and O–H groups in total. The number of amides is 2. The van der Waals surface area contributed by atoms with Gasteiger partial charge >= 0.3 is 0 Å². The molecule has 144 valence electrons. The summed E-state index contributed by atoms with van der Waals surface area (Å²) in [6.45, 7) is 4.89. The van der Waals surface area contributed by atoms with Crippen molar-refractivity contribution >= 4 is 17.5 Å². The summed E-state index contributed by atoms with van der Waals surface area (Å²) in [4.78, 5) is 29.9. The lowest BCUT2D eigenvalue weighted by atomic mass is 9.73. The second-order valence-electron chi connectivity index (χ2n) is 7.60. The lowest BCUT2D eigenvalue weighted by molar-refractivity contribution is -0.126. The van der Waals surface area contributed by atoms with Crippen LogP contribution >= 0.6 is 0 Å². The predicted molar refractivity (Wildman–Crippen MR) is 108 cm³/mol. The van der Waals surface area contributed by atoms with Crippen molar-refractivity contribution in [3.05, 3.63) is 71.0 Å². The molecule has 2 aliphatic heterocycles. The van der Waals surface area contributed by atoms with E-state index in [0.29, 0.717) is 31.8 Å². The number of carbonyl (C=O) groups excluding carboxylic acids is 2. The molecule has 0 spiro atoms. The van der Waals surface area contributed by atoms with Crippen molar-refractivity contribution in [2.45, 2.75) is 32.1 Å². The Morgan fingerprint density at radius 1 is 1.18 bits per heavy atom. The van der Waals surface area contributed by atoms with Crippen LogP contribution in [0.15, 0.2) is 70.4 Å². The smallest absolute Gasteiger partial charge is 0.257 e. The Morgan fingerprint density at radius 3 is 2.61 bits per heavy atom. The molecule has 0 saturated carbocycles. The van der Waals surface area contributed by atoms with Gasteiger partial charge in [-0.2, -0.15) is 0 Å². The maximum Gasteiger partial charge on any atom is 0.257 e. The van der Waals surface area contributed by atoms with E-state index in [0.717, 1.165) is 22.4 Å². The number of hydrogen-bond donors (Lipinski definition) is 1. The molecule has 1 saturated heterocycles. The molecule has 5 nitrogen and oxygen atoms in total. The van der Waals surface area contributed by atoms with Crippen LogP contribution in [-0.2, 0) is 19.7 Å². The van der Waals surface area contributed by atoms with Gasteiger partial charge in [0.2, 0.25) is 0 Å². The van der Waals surface area contributed by atoms with Gasteiger partial charge in [0.15, 0.2) is 0 Å². The molecule has 1 aromatic rings. The van der Waals surface area contributed by atoms with Gasteiger partial charge in [0.25, 0.3) is 11.8 Å². The molecule has 0 aromatic heterocycles. The van der Waals surface area contributed by atoms with Gasteiger partial charge in [0.05, 0.1) is 11.1 Å². The summed E-state index contributed by atoms with van der Waals surface area (Å²) in [5.74, 6) is -0.202. The Hall–Kier alpha value is -2.79. The van der Waals surface area contributed by atoms with E-state index in [2.05, 4.69) is 10.3 Å². The van der Waals surface area contributed by atoms with E-state index in [1.807, 2.05) is 62.4 Å². The SMILES string of the molecule is CC1=C(C)C2C=CC(=NC(=O)C3(c4ccccc4)CCOCC3)C=C2NC1=O. The molecule has 0 bridgehead atoms. The molecule has 5 heteroatoms. The van der Waals surface area contributed by atoms with E-state index in [9.17, 15) is 9.59 Å². The van der Waals surface area contributed by atoms with Crippen LogP contribution < -0.4 is 5.32 Å². The number of ether oxygens (including phenoxy) is 1. The van der Waals surface area contributed by atoms with E-state index in [1.54, 1.807) is 0 Å². The summed E-state index contributed by atoms with van der Waals surface area (Å²) < 4.78 is 5.51. The molecule has 1 aromatic carbocycles. The third-order valence-electron chi connectivity index (χ3n) is 6.07. The fraction of sp³-hybridized carbons (Fsp3) is 0.348. The predicted octanol–water partition coefficient (Wildman–Crippen LogP) is 3.24. The molecule has 0 radical (unpaired) electrons. The van der Waals surface area contributed by atoms with Crippen LogP contribution in [0.5, 0.6) is 0 Å². The quantitative estimate of drug-likeness (QED) is 0.862. The summed E-state index contributed by atoms with van der Waals surface area (Å²) in [5, 5.41) is 2.92. The first-order chi connectivity index (χ1) is 13.5. The molecule has 1 atom stereocenters. The number of aliphatic imine (C=N–C) groups is 1. The maximum atomic E-state index is 13.3. The Bertz CT molecular complexity index is 932. The molecule has 1 unspecified atom stereocenters. The van der Waals surface area contributed by atoms with Crippen LogP contribution in [0.1, 0.15) is 32.3 Å². The first-order valence-electron chi connectivity index (χ1n) is 9.66. The van der Waals surface area contributed by atoms with Crippen LogP contribution in [-0.4, -0.2) is 30.7 Å². The lowest BCUT2D eigenvalue weighted by Crippen LogP contribution is -2.41. The van der Waals surface area contributed by atoms with Crippen LogP contribution in [0.2, 0.25) is 0 Å². The molecule has 1 aliphatic carbocycles. The van der Waals surface area contributed by atoms with E-state index >= 15 is 0 Å². The van der Waals surface area contributed by atoms with Gasteiger partial charge in [-0.15, -0.1) is 0 Å². The third-order valence-corrected chi connectivity index (χ3v) is 6.07. The monoisotopic (exact) mass is 376 g/mol. The van der Waals surface area contributed by atoms with E-state index < -0.39 is 5.41 Å². The van der Waals surface area contributed by atoms with Gasteiger partial charge in [0, 0.05) is 30.4 Å². The van der Waals surface area contributed by atoms with Crippen LogP contribution in [0.4, 0.5) is 0 Å². The highest BCUT2D eigenvalue weighted by atomic mass is 16.5. The van der Waals surface area contributed by atoms with Gasteiger partial charge in [-0.3, -0.25) is 9.59 Å². The van der Waals surface area contributed by atoms with Crippen LogP contribution in [0, 0.1) is 5.92 Å². The number of hydrogen-bond acceptors (Lipinski definition) is 3. The van der Waals surface area contributed by atoms with E-state index in [4.69, 9.17) is 4.74 Å². The minimum Gasteiger partial charge on any atom is -0.381 e. The Labute approximate surface area is 164 Å². The Balaban J connectivity index is 1.67. The second-order valence-corrected chi connectivity index (χ2v) is 7.60. The standard InChI is InChI=1S/C23H24N2O3/c1-15-16(2)21(26)25-20-14-18(8-9-19(15)20)24-22(27)23(10-12-28-13-11-23)17-6-4-3-5-7-17/h3-9,14,19H,10-13H2,1-2H3,(H,25,26). The number of nitrogens with zero attached hydrogens (tertiary/aromatic N) is 1. The zero-order chi connectivity index (χ0) is 19.7. The Kier molecular flexibility index (Phi) is 4.85. The van der Waals surface area contributed by atoms with Crippen LogP contribution in [0.25, 0.3) is 0 Å². The normalized spacial score (nSPS) is 25.2. The zero-order valence-electron chi connectivity index (χ0n) is 16.2. The number of allylic oxidation sites excluding steroid dienone is 3. The molecule has 1 fully saturated rings. The molecule has 3 aliphatic rings. The van der Waals surface area contributed by atoms with Crippen molar-refractivity contribution in [1.82, 2.24) is 5.32 Å². The highest BCUT2D eigenvalue weighted by molar-refractivity contribution is 6.13. The minimum absolute atomic E-state index is 0.0397. The fourth-order valence-electron chi connectivity index (χ4n) is 4.12. The second kappa shape index (κ2) is 7.32. The van der Waals surface area contributed by atoms with Crippen molar-refractivity contribution in [2.24, 2.45) is 10.9 Å². The lowest BCUT2D eigenvalue weighted by Gasteiger charge is -2.35. The van der Waals surface area contributed by atoms with Gasteiger partial charge in [-0.05, 0) is 44.4 Å². The molecule has 2 amide bonds. The number of nitrogens with one attached hydrogen (secondary N) is 1. The molecular formula is C23H24N2O3. The van der Waals surface area contributed by atoms with Gasteiger partial charge in [0.1, 0.15) is 0 Å². The summed E-state index contributed by atoms with van der Waals surface area (Å²) in [6.07, 6.45) is 6.92. The zero-order valence-corrected chi connectivity index (χ0v) is 16.2. The Morgan fingerprint density at radius 2 is 1.89 bits per heavy atom. The number of fused-ring (bicyclic) bond motifs is 1. The summed E-state index contributed by atoms with van der Waals surface area (Å²) >= 11 is 0. The average Bonchev–Trinajstić information content (AvgIpc) is 2.73. The molecular weight excluding hydrogens is 352 g/mol. The maximum absolute atomic E-state index is 13.3. The van der Waals surface area contributed by atoms with E-state index in [1.165, 1.54) is 0 Å². The minimum atomic E-state index is -0.655. The third kappa shape index (κ3) is 3.16. The van der Waals surface area contributed by atoms with Crippen molar-refractivity contribution in [1.29, 1.82) is 0 Å². The molecule has 2 heterocycles. The first-order valence-corrected chi connectivity index (χ1v) is 9.66. The van der Waals surface area contributed by atoms with Crippen molar-refractivity contribution in [2.75, 3.05) is 13.2 Å². The highest BCUT2D eigenvalue weighted by Gasteiger charge is 2.41. The van der Waals surface area contributed by atoms with E-state index in [-0.39, 0.29) is 17.7 Å². The summed E-state index contributed by atoms with van der Waals surface area (Å²) in [5.41, 5.74) is 3.46. The van der Waals surface area contributed by atoms with Crippen molar-refractivity contribution in [3.8, 4) is 0 Å². The highest BCUT2D eigenvalue weighted by Crippen LogP contribution is 2.37. The van der Waals surface area contributed by atoms with Crippen LogP contribution in [0.3, 0.4) is 0 Å². The molecule has 4 rings (SSSR count). The fourth-order valence-corrected chi connectivity index (χ4v) is 4.12. The van der Waals surface area contributed by atoms with Gasteiger partial charge in [-0.1, -0.05) is 42.0 Å². The van der Waals surface area contributed by atoms with Crippen molar-refractivity contribution in [3.63, 3.8) is 0 Å². The topological polar surface area (TPSA) is 67.8 Å². The first kappa shape index (κ1) is 18.6. The van der Waals surface area contributed by atoms with Crippen molar-refractivity contribution < 1.29 is 14.3 Å². The van der Waals surface area contributed by atoms with Gasteiger partial charge in [-0.25, -0.2) is 4.99 Å². The molecule has 28 heavy (non-hydrogen) atoms.